The average Bonchev–Trinajstić information content (AvgIpc) is 2.71. The molecule has 1 heterocycles. The fourth-order valence-corrected chi connectivity index (χ4v) is 2.21. The van der Waals surface area contributed by atoms with Crippen LogP contribution in [0.15, 0.2) is 35.2 Å². The van der Waals surface area contributed by atoms with Crippen molar-refractivity contribution >= 4 is 17.7 Å². The van der Waals surface area contributed by atoms with E-state index >= 15 is 0 Å². The van der Waals surface area contributed by atoms with Gasteiger partial charge >= 0.3 is 5.97 Å². The Hall–Kier alpha value is -1.75. The van der Waals surface area contributed by atoms with E-state index in [2.05, 4.69) is 5.10 Å². The summed E-state index contributed by atoms with van der Waals surface area (Å²) in [4.78, 5) is 11.9. The first-order chi connectivity index (χ1) is 8.13. The fraction of sp³-hybridized carbons (Fsp3) is 0.167. The molecule has 2 rings (SSSR count). The zero-order valence-corrected chi connectivity index (χ0v) is 10.4. The Bertz CT molecular complexity index is 563. The number of rotatable bonds is 3. The fourth-order valence-electron chi connectivity index (χ4n) is 1.63. The van der Waals surface area contributed by atoms with Crippen molar-refractivity contribution in [2.24, 2.45) is 0 Å². The largest absolute Gasteiger partial charge is 0.476 e. The number of hydrogen-bond acceptors (Lipinski definition) is 3. The minimum atomic E-state index is -1.01. The second-order valence-corrected chi connectivity index (χ2v) is 4.41. The summed E-state index contributed by atoms with van der Waals surface area (Å²) >= 11 is 1.61. The predicted molar refractivity (Wildman–Crippen MR) is 67.0 cm³/mol. The highest BCUT2D eigenvalue weighted by Crippen LogP contribution is 2.24. The first-order valence-electron chi connectivity index (χ1n) is 5.07. The predicted octanol–water partition coefficient (Wildman–Crippen LogP) is 2.60. The zero-order valence-electron chi connectivity index (χ0n) is 9.54. The summed E-state index contributed by atoms with van der Waals surface area (Å²) in [5, 5.41) is 13.0. The number of hydrogen-bond donors (Lipinski definition) is 1. The van der Waals surface area contributed by atoms with Gasteiger partial charge in [-0.2, -0.15) is 5.10 Å². The summed E-state index contributed by atoms with van der Waals surface area (Å²) in [5.41, 5.74) is 1.78. The van der Waals surface area contributed by atoms with E-state index in [9.17, 15) is 4.79 Å². The number of carboxylic acid groups (broad SMARTS) is 1. The lowest BCUT2D eigenvalue weighted by atomic mass is 10.3. The number of thioether (sulfide) groups is 1. The second kappa shape index (κ2) is 4.63. The van der Waals surface area contributed by atoms with Crippen molar-refractivity contribution in [1.82, 2.24) is 9.78 Å². The van der Waals surface area contributed by atoms with Gasteiger partial charge in [-0.3, -0.25) is 0 Å². The molecule has 1 aromatic heterocycles. The number of carbonyl (C=O) groups is 1. The average molecular weight is 248 g/mol. The van der Waals surface area contributed by atoms with Crippen LogP contribution in [0.1, 0.15) is 16.2 Å². The summed E-state index contributed by atoms with van der Waals surface area (Å²) in [6.45, 7) is 1.84. The minimum absolute atomic E-state index is 0.0680. The number of para-hydroxylation sites is 1. The van der Waals surface area contributed by atoms with E-state index in [-0.39, 0.29) is 5.69 Å². The van der Waals surface area contributed by atoms with Gasteiger partial charge in [0.15, 0.2) is 5.69 Å². The molecule has 1 N–H and O–H groups in total. The molecule has 0 bridgehead atoms. The van der Waals surface area contributed by atoms with Gasteiger partial charge < -0.3 is 5.11 Å². The third-order valence-electron chi connectivity index (χ3n) is 2.42. The van der Waals surface area contributed by atoms with Crippen molar-refractivity contribution in [2.75, 3.05) is 6.26 Å². The van der Waals surface area contributed by atoms with Crippen LogP contribution in [0.5, 0.6) is 0 Å². The molecule has 0 saturated carbocycles. The summed E-state index contributed by atoms with van der Waals surface area (Å²) in [6.07, 6.45) is 1.98. The second-order valence-electron chi connectivity index (χ2n) is 3.56. The molecule has 0 atom stereocenters. The van der Waals surface area contributed by atoms with Gasteiger partial charge in [-0.25, -0.2) is 9.48 Å². The van der Waals surface area contributed by atoms with Gasteiger partial charge in [-0.1, -0.05) is 12.1 Å². The lowest BCUT2D eigenvalue weighted by molar-refractivity contribution is 0.0690. The SMILES string of the molecule is CSc1ccccc1-n1nc(C(=O)O)cc1C. The van der Waals surface area contributed by atoms with E-state index in [4.69, 9.17) is 5.11 Å². The molecule has 0 amide bonds. The summed E-state index contributed by atoms with van der Waals surface area (Å²) < 4.78 is 1.66. The lowest BCUT2D eigenvalue weighted by Crippen LogP contribution is -2.03. The number of aryl methyl sites for hydroxylation is 1. The Morgan fingerprint density at radius 1 is 1.41 bits per heavy atom. The van der Waals surface area contributed by atoms with Crippen molar-refractivity contribution < 1.29 is 9.90 Å². The molecule has 0 aliphatic heterocycles. The van der Waals surface area contributed by atoms with Gasteiger partial charge in [0.1, 0.15) is 0 Å². The van der Waals surface area contributed by atoms with E-state index in [1.165, 1.54) is 0 Å². The number of nitrogens with zero attached hydrogens (tertiary/aromatic N) is 2. The van der Waals surface area contributed by atoms with Crippen LogP contribution in [-0.2, 0) is 0 Å². The molecule has 0 spiro atoms. The van der Waals surface area contributed by atoms with Crippen LogP contribution in [0, 0.1) is 6.92 Å². The summed E-state index contributed by atoms with van der Waals surface area (Å²) in [7, 11) is 0. The third kappa shape index (κ3) is 2.19. The number of carboxylic acids is 1. The molecule has 0 unspecified atom stereocenters. The van der Waals surface area contributed by atoms with Gasteiger partial charge in [-0.15, -0.1) is 11.8 Å². The standard InChI is InChI=1S/C12H12N2O2S/c1-8-7-9(12(15)16)13-14(8)10-5-3-4-6-11(10)17-2/h3-7H,1-2H3,(H,15,16). The Balaban J connectivity index is 2.56. The van der Waals surface area contributed by atoms with Crippen LogP contribution >= 0.6 is 11.8 Å². The first kappa shape index (κ1) is 11.7. The van der Waals surface area contributed by atoms with Crippen LogP contribution in [0.3, 0.4) is 0 Å². The summed E-state index contributed by atoms with van der Waals surface area (Å²) in [5.74, 6) is -1.01. The van der Waals surface area contributed by atoms with Crippen molar-refractivity contribution in [1.29, 1.82) is 0 Å². The molecule has 0 aliphatic carbocycles. The van der Waals surface area contributed by atoms with Crippen LogP contribution in [0.2, 0.25) is 0 Å². The maximum atomic E-state index is 10.9. The molecule has 0 saturated heterocycles. The van der Waals surface area contributed by atoms with E-state index in [1.807, 2.05) is 37.4 Å². The topological polar surface area (TPSA) is 55.1 Å². The van der Waals surface area contributed by atoms with Gasteiger partial charge in [0.05, 0.1) is 5.69 Å². The molecule has 4 nitrogen and oxygen atoms in total. The molecule has 2 aromatic rings. The van der Waals surface area contributed by atoms with Crippen molar-refractivity contribution in [2.45, 2.75) is 11.8 Å². The van der Waals surface area contributed by atoms with Crippen LogP contribution in [-0.4, -0.2) is 27.1 Å². The molecule has 0 fully saturated rings. The van der Waals surface area contributed by atoms with Gasteiger partial charge in [-0.05, 0) is 31.4 Å². The molecule has 5 heteroatoms. The number of aromatic nitrogens is 2. The molecular weight excluding hydrogens is 236 g/mol. The Labute approximate surface area is 103 Å². The normalized spacial score (nSPS) is 10.5. The minimum Gasteiger partial charge on any atom is -0.476 e. The monoisotopic (exact) mass is 248 g/mol. The lowest BCUT2D eigenvalue weighted by Gasteiger charge is -2.08. The Morgan fingerprint density at radius 3 is 2.71 bits per heavy atom. The molecular formula is C12H12N2O2S. The van der Waals surface area contributed by atoms with E-state index in [1.54, 1.807) is 22.5 Å². The Kier molecular flexibility index (Phi) is 3.19. The van der Waals surface area contributed by atoms with Gasteiger partial charge in [0, 0.05) is 10.6 Å². The third-order valence-corrected chi connectivity index (χ3v) is 3.20. The molecule has 17 heavy (non-hydrogen) atoms. The summed E-state index contributed by atoms with van der Waals surface area (Å²) in [6, 6.07) is 9.35. The molecule has 88 valence electrons. The molecule has 0 radical (unpaired) electrons. The highest BCUT2D eigenvalue weighted by Gasteiger charge is 2.13. The molecule has 1 aromatic carbocycles. The van der Waals surface area contributed by atoms with Crippen LogP contribution in [0.25, 0.3) is 5.69 Å². The maximum Gasteiger partial charge on any atom is 0.356 e. The zero-order chi connectivity index (χ0) is 12.4. The smallest absolute Gasteiger partial charge is 0.356 e. The highest BCUT2D eigenvalue weighted by molar-refractivity contribution is 7.98. The maximum absolute atomic E-state index is 10.9. The number of aromatic carboxylic acids is 1. The van der Waals surface area contributed by atoms with Crippen LogP contribution in [0.4, 0.5) is 0 Å². The van der Waals surface area contributed by atoms with Gasteiger partial charge in [0.25, 0.3) is 0 Å². The number of benzene rings is 1. The molecule has 0 aliphatic rings. The van der Waals surface area contributed by atoms with Gasteiger partial charge in [0.2, 0.25) is 0 Å². The van der Waals surface area contributed by atoms with E-state index < -0.39 is 5.97 Å². The van der Waals surface area contributed by atoms with Crippen molar-refractivity contribution in [3.8, 4) is 5.69 Å². The van der Waals surface area contributed by atoms with Crippen molar-refractivity contribution in [3.05, 3.63) is 41.7 Å². The Morgan fingerprint density at radius 2 is 2.12 bits per heavy atom. The van der Waals surface area contributed by atoms with E-state index in [0.717, 1.165) is 16.3 Å². The van der Waals surface area contributed by atoms with Crippen LogP contribution < -0.4 is 0 Å². The van der Waals surface area contributed by atoms with Crippen molar-refractivity contribution in [3.63, 3.8) is 0 Å². The highest BCUT2D eigenvalue weighted by atomic mass is 32.2. The van der Waals surface area contributed by atoms with E-state index in [0.29, 0.717) is 0 Å². The first-order valence-corrected chi connectivity index (χ1v) is 6.29. The quantitative estimate of drug-likeness (QED) is 0.848.